The first kappa shape index (κ1) is 8.05. The van der Waals surface area contributed by atoms with E-state index >= 15 is 0 Å². The summed E-state index contributed by atoms with van der Waals surface area (Å²) in [7, 11) is -1.74. The summed E-state index contributed by atoms with van der Waals surface area (Å²) in [5.41, 5.74) is 0. The molecule has 0 bridgehead atoms. The molecule has 1 nitrogen and oxygen atoms in total. The molecule has 1 aliphatic rings. The van der Waals surface area contributed by atoms with Crippen molar-refractivity contribution in [2.75, 3.05) is 19.0 Å². The zero-order valence-corrected chi connectivity index (χ0v) is 7.43. The summed E-state index contributed by atoms with van der Waals surface area (Å²) in [6, 6.07) is 0. The predicted molar refractivity (Wildman–Crippen MR) is 47.7 cm³/mol. The van der Waals surface area contributed by atoms with Crippen LogP contribution in [0.25, 0.3) is 0 Å². The van der Waals surface area contributed by atoms with E-state index in [1.807, 2.05) is 6.66 Å². The van der Waals surface area contributed by atoms with Crippen LogP contribution >= 0.6 is 7.49 Å². The monoisotopic (exact) mass is 158 g/mol. The fourth-order valence-electron chi connectivity index (χ4n) is 1.41. The molecule has 0 saturated carbocycles. The Hall–Kier alpha value is -0.0500. The van der Waals surface area contributed by atoms with Crippen LogP contribution in [-0.4, -0.2) is 23.9 Å². The Balaban J connectivity index is 2.40. The third kappa shape index (κ3) is 1.97. The molecule has 0 spiro atoms. The minimum atomic E-state index is -1.74. The van der Waals surface area contributed by atoms with Crippen LogP contribution in [0.15, 0.2) is 0 Å². The molecule has 1 saturated heterocycles. The topological polar surface area (TPSA) is 20.2 Å². The van der Waals surface area contributed by atoms with Gasteiger partial charge in [-0.3, -0.25) is 0 Å². The number of terminal acetylenes is 1. The molecule has 10 heavy (non-hydrogen) atoms. The molecule has 58 valence electrons. The zero-order valence-electron chi connectivity index (χ0n) is 6.43. The average Bonchev–Trinajstić information content (AvgIpc) is 1.88. The van der Waals surface area contributed by atoms with E-state index in [-0.39, 0.29) is 0 Å². The number of hydrogen-bond acceptors (Lipinski definition) is 1. The molecule has 1 N–H and O–H groups in total. The van der Waals surface area contributed by atoms with Crippen LogP contribution in [0.3, 0.4) is 0 Å². The first-order chi connectivity index (χ1) is 4.64. The van der Waals surface area contributed by atoms with E-state index in [1.165, 1.54) is 0 Å². The van der Waals surface area contributed by atoms with E-state index in [0.717, 1.165) is 25.2 Å². The van der Waals surface area contributed by atoms with Gasteiger partial charge in [0.1, 0.15) is 0 Å². The van der Waals surface area contributed by atoms with Gasteiger partial charge >= 0.3 is 62.5 Å². The molecule has 1 rings (SSSR count). The van der Waals surface area contributed by atoms with Crippen LogP contribution in [0.1, 0.15) is 12.8 Å². The van der Waals surface area contributed by atoms with Gasteiger partial charge in [0.25, 0.3) is 0 Å². The molecule has 0 aromatic carbocycles. The molecular formula is C8H15OP. The summed E-state index contributed by atoms with van der Waals surface area (Å²) >= 11 is 0. The van der Waals surface area contributed by atoms with Crippen LogP contribution in [0.5, 0.6) is 0 Å². The van der Waals surface area contributed by atoms with E-state index in [0.29, 0.717) is 5.92 Å². The Kier molecular flexibility index (Phi) is 2.34. The van der Waals surface area contributed by atoms with Crippen molar-refractivity contribution in [2.45, 2.75) is 12.8 Å². The molecule has 0 aromatic heterocycles. The van der Waals surface area contributed by atoms with Crippen LogP contribution < -0.4 is 0 Å². The van der Waals surface area contributed by atoms with Crippen molar-refractivity contribution in [3.05, 3.63) is 0 Å². The second kappa shape index (κ2) is 2.91. The van der Waals surface area contributed by atoms with Gasteiger partial charge in [0.15, 0.2) is 0 Å². The molecule has 0 aromatic rings. The molecule has 0 amide bonds. The summed E-state index contributed by atoms with van der Waals surface area (Å²) in [5.74, 6) is 3.20. The second-order valence-corrected chi connectivity index (χ2v) is 7.43. The van der Waals surface area contributed by atoms with Crippen molar-refractivity contribution >= 4 is 7.49 Å². The Bertz CT molecular complexity index is 147. The average molecular weight is 158 g/mol. The molecule has 0 unspecified atom stereocenters. The maximum absolute atomic E-state index is 9.66. The van der Waals surface area contributed by atoms with Gasteiger partial charge < -0.3 is 0 Å². The normalized spacial score (nSPS) is 34.3. The Labute approximate surface area is 63.3 Å². The molecule has 0 aliphatic carbocycles. The van der Waals surface area contributed by atoms with E-state index in [2.05, 4.69) is 5.92 Å². The van der Waals surface area contributed by atoms with Crippen molar-refractivity contribution in [3.8, 4) is 12.3 Å². The molecular weight excluding hydrogens is 143 g/mol. The molecule has 1 heterocycles. The summed E-state index contributed by atoms with van der Waals surface area (Å²) in [6.07, 6.45) is 9.38. The van der Waals surface area contributed by atoms with Gasteiger partial charge in [-0.05, 0) is 0 Å². The summed E-state index contributed by atoms with van der Waals surface area (Å²) in [6.45, 7) is 2.03. The van der Waals surface area contributed by atoms with E-state index in [1.54, 1.807) is 0 Å². The second-order valence-electron chi connectivity index (χ2n) is 3.44. The first-order valence-corrected chi connectivity index (χ1v) is 6.69. The van der Waals surface area contributed by atoms with Crippen LogP contribution in [0.2, 0.25) is 0 Å². The standard InChI is InChI=1S/C8H15OP/c1-3-8-4-6-10(2,9)7-5-8/h1,8-10H,4-7H2,2H3. The Morgan fingerprint density at radius 3 is 2.40 bits per heavy atom. The Morgan fingerprint density at radius 1 is 1.50 bits per heavy atom. The SMILES string of the molecule is C#CC1CC[PH](C)(O)CC1. The fraction of sp³-hybridized carbons (Fsp3) is 0.750. The third-order valence-electron chi connectivity index (χ3n) is 2.30. The molecule has 0 atom stereocenters. The van der Waals surface area contributed by atoms with Crippen molar-refractivity contribution < 1.29 is 4.89 Å². The minimum absolute atomic E-state index is 0.452. The van der Waals surface area contributed by atoms with Gasteiger partial charge in [-0.25, -0.2) is 0 Å². The number of hydrogen-bond donors (Lipinski definition) is 1. The first-order valence-electron chi connectivity index (χ1n) is 3.82. The predicted octanol–water partition coefficient (Wildman–Crippen LogP) is 1.32. The van der Waals surface area contributed by atoms with E-state index in [9.17, 15) is 4.89 Å². The van der Waals surface area contributed by atoms with Gasteiger partial charge in [-0.2, -0.15) is 0 Å². The molecule has 1 aliphatic heterocycles. The van der Waals surface area contributed by atoms with Crippen molar-refractivity contribution in [1.82, 2.24) is 0 Å². The van der Waals surface area contributed by atoms with Gasteiger partial charge in [0.05, 0.1) is 0 Å². The van der Waals surface area contributed by atoms with Gasteiger partial charge in [0.2, 0.25) is 0 Å². The summed E-state index contributed by atoms with van der Waals surface area (Å²) in [4.78, 5) is 9.66. The van der Waals surface area contributed by atoms with E-state index < -0.39 is 7.49 Å². The van der Waals surface area contributed by atoms with Gasteiger partial charge in [-0.1, -0.05) is 0 Å². The fourth-order valence-corrected chi connectivity index (χ4v) is 3.60. The molecule has 0 radical (unpaired) electrons. The van der Waals surface area contributed by atoms with Crippen molar-refractivity contribution in [1.29, 1.82) is 0 Å². The maximum atomic E-state index is 9.66. The van der Waals surface area contributed by atoms with Gasteiger partial charge in [-0.15, -0.1) is 0 Å². The Morgan fingerprint density at radius 2 is 2.00 bits per heavy atom. The van der Waals surface area contributed by atoms with Crippen LogP contribution in [0, 0.1) is 18.3 Å². The third-order valence-corrected chi connectivity index (χ3v) is 5.03. The molecule has 1 fully saturated rings. The summed E-state index contributed by atoms with van der Waals surface area (Å²) in [5, 5.41) is 0. The zero-order chi connectivity index (χ0) is 7.61. The summed E-state index contributed by atoms with van der Waals surface area (Å²) < 4.78 is 0. The van der Waals surface area contributed by atoms with Crippen molar-refractivity contribution in [2.24, 2.45) is 5.92 Å². The van der Waals surface area contributed by atoms with E-state index in [4.69, 9.17) is 6.42 Å². The van der Waals surface area contributed by atoms with Crippen molar-refractivity contribution in [3.63, 3.8) is 0 Å². The molecule has 2 heteroatoms. The van der Waals surface area contributed by atoms with Gasteiger partial charge in [0, 0.05) is 0 Å². The quantitative estimate of drug-likeness (QED) is 0.416. The number of rotatable bonds is 0. The van der Waals surface area contributed by atoms with Crippen LogP contribution in [-0.2, 0) is 0 Å². The van der Waals surface area contributed by atoms with Crippen LogP contribution in [0.4, 0.5) is 0 Å².